The number of aryl methyl sites for hydroxylation is 1. The van der Waals surface area contributed by atoms with E-state index in [0.717, 1.165) is 19.3 Å². The lowest BCUT2D eigenvalue weighted by molar-refractivity contribution is 0.257. The lowest BCUT2D eigenvalue weighted by Gasteiger charge is -2.31. The van der Waals surface area contributed by atoms with Crippen LogP contribution >= 0.6 is 0 Å². The second kappa shape index (κ2) is 5.83. The van der Waals surface area contributed by atoms with Gasteiger partial charge in [0.25, 0.3) is 10.0 Å². The number of nitrogens with one attached hydrogen (secondary N) is 2. The highest BCUT2D eigenvalue weighted by Crippen LogP contribution is 2.29. The van der Waals surface area contributed by atoms with Crippen molar-refractivity contribution < 1.29 is 13.5 Å². The third kappa shape index (κ3) is 3.21. The molecule has 0 spiro atoms. The molecule has 0 radical (unpaired) electrons. The third-order valence-corrected chi connectivity index (χ3v) is 5.44. The van der Waals surface area contributed by atoms with Crippen molar-refractivity contribution in [3.63, 3.8) is 0 Å². The van der Waals surface area contributed by atoms with Crippen molar-refractivity contribution in [3.05, 3.63) is 11.3 Å². The number of sulfonamides is 1. The van der Waals surface area contributed by atoms with Crippen LogP contribution in [0.3, 0.4) is 0 Å². The van der Waals surface area contributed by atoms with Crippen LogP contribution in [0.2, 0.25) is 0 Å². The molecule has 7 heteroatoms. The van der Waals surface area contributed by atoms with Crippen molar-refractivity contribution in [1.82, 2.24) is 14.9 Å². The molecule has 0 saturated heterocycles. The average molecular weight is 301 g/mol. The first kappa shape index (κ1) is 15.5. The summed E-state index contributed by atoms with van der Waals surface area (Å²) in [5, 5.41) is 15.7. The van der Waals surface area contributed by atoms with Crippen LogP contribution in [0.4, 0.5) is 0 Å². The molecule has 3 N–H and O–H groups in total. The van der Waals surface area contributed by atoms with E-state index in [0.29, 0.717) is 23.1 Å². The predicted octanol–water partition coefficient (Wildman–Crippen LogP) is 1.31. The van der Waals surface area contributed by atoms with E-state index < -0.39 is 10.0 Å². The van der Waals surface area contributed by atoms with Crippen LogP contribution in [-0.2, 0) is 16.6 Å². The Balaban J connectivity index is 2.18. The molecular weight excluding hydrogens is 278 g/mol. The van der Waals surface area contributed by atoms with Gasteiger partial charge in [-0.2, -0.15) is 5.10 Å². The summed E-state index contributed by atoms with van der Waals surface area (Å²) in [6.45, 7) is 5.65. The zero-order valence-electron chi connectivity index (χ0n) is 12.2. The standard InChI is InChI=1S/C13H23N3O3S/c1-8-4-9(2)6-11(5-8)16-20(18,19)13-12(7-17)10(3)14-15-13/h8-9,11,16-17H,4-7H2,1-3H3,(H,14,15). The summed E-state index contributed by atoms with van der Waals surface area (Å²) in [6.07, 6.45) is 2.84. The first-order valence-corrected chi connectivity index (χ1v) is 8.48. The summed E-state index contributed by atoms with van der Waals surface area (Å²) in [6, 6.07) is -0.0534. The molecule has 0 aromatic carbocycles. The Hall–Kier alpha value is -0.920. The first-order valence-electron chi connectivity index (χ1n) is 7.00. The maximum atomic E-state index is 12.4. The zero-order valence-corrected chi connectivity index (χ0v) is 13.0. The van der Waals surface area contributed by atoms with Gasteiger partial charge in [-0.3, -0.25) is 5.10 Å². The molecule has 2 atom stereocenters. The van der Waals surface area contributed by atoms with Crippen LogP contribution in [0.5, 0.6) is 0 Å². The van der Waals surface area contributed by atoms with E-state index in [1.54, 1.807) is 6.92 Å². The summed E-state index contributed by atoms with van der Waals surface area (Å²) in [4.78, 5) is 0. The minimum Gasteiger partial charge on any atom is -0.392 e. The van der Waals surface area contributed by atoms with Crippen LogP contribution in [0.15, 0.2) is 5.03 Å². The normalized spacial score (nSPS) is 27.7. The number of aromatic amines is 1. The smallest absolute Gasteiger partial charge is 0.260 e. The van der Waals surface area contributed by atoms with Crippen molar-refractivity contribution in [2.24, 2.45) is 11.8 Å². The molecule has 1 saturated carbocycles. The van der Waals surface area contributed by atoms with Crippen LogP contribution in [0, 0.1) is 18.8 Å². The number of rotatable bonds is 4. The lowest BCUT2D eigenvalue weighted by Crippen LogP contribution is -2.40. The van der Waals surface area contributed by atoms with Gasteiger partial charge in [0.2, 0.25) is 0 Å². The van der Waals surface area contributed by atoms with Gasteiger partial charge >= 0.3 is 0 Å². The molecule has 20 heavy (non-hydrogen) atoms. The zero-order chi connectivity index (χ0) is 14.9. The number of aromatic nitrogens is 2. The van der Waals surface area contributed by atoms with E-state index in [1.807, 2.05) is 0 Å². The Morgan fingerprint density at radius 3 is 2.45 bits per heavy atom. The molecule has 1 aliphatic carbocycles. The van der Waals surface area contributed by atoms with E-state index in [9.17, 15) is 13.5 Å². The molecule has 1 aromatic rings. The van der Waals surface area contributed by atoms with E-state index in [-0.39, 0.29) is 17.7 Å². The molecule has 1 fully saturated rings. The summed E-state index contributed by atoms with van der Waals surface area (Å²) in [5.74, 6) is 1.04. The SMILES string of the molecule is Cc1[nH]nc(S(=O)(=O)NC2CC(C)CC(C)C2)c1CO. The summed E-state index contributed by atoms with van der Waals surface area (Å²) in [7, 11) is -3.68. The Labute approximate surface area is 120 Å². The van der Waals surface area contributed by atoms with Gasteiger partial charge in [0.05, 0.1) is 6.61 Å². The molecule has 0 amide bonds. The molecule has 1 heterocycles. The first-order chi connectivity index (χ1) is 9.33. The molecule has 0 bridgehead atoms. The molecule has 0 aliphatic heterocycles. The van der Waals surface area contributed by atoms with Crippen molar-refractivity contribution in [2.45, 2.75) is 57.7 Å². The largest absolute Gasteiger partial charge is 0.392 e. The monoisotopic (exact) mass is 301 g/mol. The van der Waals surface area contributed by atoms with Gasteiger partial charge in [-0.05, 0) is 38.0 Å². The number of aliphatic hydroxyl groups is 1. The van der Waals surface area contributed by atoms with E-state index in [4.69, 9.17) is 0 Å². The Morgan fingerprint density at radius 1 is 1.30 bits per heavy atom. The minimum absolute atomic E-state index is 0.0534. The van der Waals surface area contributed by atoms with Crippen LogP contribution in [0.25, 0.3) is 0 Å². The molecule has 114 valence electrons. The number of hydrogen-bond acceptors (Lipinski definition) is 4. The van der Waals surface area contributed by atoms with Crippen molar-refractivity contribution in [2.75, 3.05) is 0 Å². The van der Waals surface area contributed by atoms with Crippen LogP contribution in [0.1, 0.15) is 44.4 Å². The van der Waals surface area contributed by atoms with Crippen molar-refractivity contribution in [3.8, 4) is 0 Å². The van der Waals surface area contributed by atoms with Crippen molar-refractivity contribution in [1.29, 1.82) is 0 Å². The quantitative estimate of drug-likeness (QED) is 0.781. The third-order valence-electron chi connectivity index (χ3n) is 3.95. The highest BCUT2D eigenvalue weighted by atomic mass is 32.2. The summed E-state index contributed by atoms with van der Waals surface area (Å²) < 4.78 is 27.5. The highest BCUT2D eigenvalue weighted by molar-refractivity contribution is 7.89. The van der Waals surface area contributed by atoms with Gasteiger partial charge in [0.15, 0.2) is 5.03 Å². The molecule has 1 aliphatic rings. The van der Waals surface area contributed by atoms with Gasteiger partial charge in [-0.25, -0.2) is 13.1 Å². The second-order valence-electron chi connectivity index (χ2n) is 6.03. The number of nitrogens with zero attached hydrogens (tertiary/aromatic N) is 1. The maximum Gasteiger partial charge on any atom is 0.260 e. The highest BCUT2D eigenvalue weighted by Gasteiger charge is 2.30. The topological polar surface area (TPSA) is 95.1 Å². The molecular formula is C13H23N3O3S. The average Bonchev–Trinajstić information content (AvgIpc) is 2.68. The summed E-state index contributed by atoms with van der Waals surface area (Å²) in [5.41, 5.74) is 0.924. The summed E-state index contributed by atoms with van der Waals surface area (Å²) >= 11 is 0. The molecule has 2 rings (SSSR count). The van der Waals surface area contributed by atoms with Gasteiger partial charge in [-0.15, -0.1) is 0 Å². The maximum absolute atomic E-state index is 12.4. The molecule has 2 unspecified atom stereocenters. The fourth-order valence-corrected chi connectivity index (χ4v) is 4.61. The Morgan fingerprint density at radius 2 is 1.90 bits per heavy atom. The van der Waals surface area contributed by atoms with Crippen molar-refractivity contribution >= 4 is 10.0 Å². The second-order valence-corrected chi connectivity index (χ2v) is 7.66. The van der Waals surface area contributed by atoms with Gasteiger partial charge in [0, 0.05) is 17.3 Å². The van der Waals surface area contributed by atoms with Gasteiger partial charge in [-0.1, -0.05) is 13.8 Å². The van der Waals surface area contributed by atoms with E-state index in [2.05, 4.69) is 28.8 Å². The van der Waals surface area contributed by atoms with E-state index >= 15 is 0 Å². The van der Waals surface area contributed by atoms with Crippen LogP contribution in [-0.4, -0.2) is 29.8 Å². The Bertz CT molecular complexity index is 557. The van der Waals surface area contributed by atoms with Gasteiger partial charge in [0.1, 0.15) is 0 Å². The minimum atomic E-state index is -3.68. The predicted molar refractivity (Wildman–Crippen MR) is 75.5 cm³/mol. The fourth-order valence-electron chi connectivity index (χ4n) is 3.16. The van der Waals surface area contributed by atoms with Gasteiger partial charge < -0.3 is 5.11 Å². The number of hydrogen-bond donors (Lipinski definition) is 3. The van der Waals surface area contributed by atoms with Crippen LogP contribution < -0.4 is 4.72 Å². The fraction of sp³-hybridized carbons (Fsp3) is 0.769. The van der Waals surface area contributed by atoms with E-state index in [1.165, 1.54) is 0 Å². The number of H-pyrrole nitrogens is 1. The molecule has 6 nitrogen and oxygen atoms in total. The Kier molecular flexibility index (Phi) is 4.51. The number of aliphatic hydroxyl groups excluding tert-OH is 1. The molecule has 1 aromatic heterocycles. The lowest BCUT2D eigenvalue weighted by atomic mass is 9.81.